The first-order chi connectivity index (χ1) is 15.4. The number of piperidine rings is 1. The largest absolute Gasteiger partial charge is 0.312 e. The molecule has 0 spiro atoms. The molecular weight excluding hydrogens is 417 g/mol. The first-order valence-corrected chi connectivity index (χ1v) is 10.3. The molecule has 0 aliphatic carbocycles. The molecule has 0 bridgehead atoms. The Balaban J connectivity index is 1.34. The fraction of sp³-hybridized carbons (Fsp3) is 0.318. The Hall–Kier alpha value is -3.50. The van der Waals surface area contributed by atoms with E-state index in [0.29, 0.717) is 25.3 Å². The maximum atomic E-state index is 13.2. The number of benzene rings is 1. The fourth-order valence-corrected chi connectivity index (χ4v) is 4.33. The van der Waals surface area contributed by atoms with Crippen LogP contribution in [0.25, 0.3) is 0 Å². The van der Waals surface area contributed by atoms with E-state index in [4.69, 9.17) is 0 Å². The van der Waals surface area contributed by atoms with Crippen LogP contribution >= 0.6 is 0 Å². The molecule has 1 unspecified atom stereocenters. The van der Waals surface area contributed by atoms with E-state index in [2.05, 4.69) is 20.9 Å². The molecule has 3 N–H and O–H groups in total. The van der Waals surface area contributed by atoms with Crippen molar-refractivity contribution in [2.75, 3.05) is 13.1 Å². The maximum Gasteiger partial charge on any atom is 0.262 e. The summed E-state index contributed by atoms with van der Waals surface area (Å²) in [7, 11) is 0. The number of halogens is 1. The zero-order valence-corrected chi connectivity index (χ0v) is 17.0. The molecule has 2 fully saturated rings. The van der Waals surface area contributed by atoms with Gasteiger partial charge in [0.15, 0.2) is 0 Å². The van der Waals surface area contributed by atoms with E-state index in [1.54, 1.807) is 24.3 Å². The summed E-state index contributed by atoms with van der Waals surface area (Å²) in [6.07, 6.45) is 1.37. The fourth-order valence-electron chi connectivity index (χ4n) is 4.33. The lowest BCUT2D eigenvalue weighted by atomic mass is 9.87. The maximum absolute atomic E-state index is 13.2. The van der Waals surface area contributed by atoms with Gasteiger partial charge in [-0.2, -0.15) is 0 Å². The summed E-state index contributed by atoms with van der Waals surface area (Å²) >= 11 is 0. The summed E-state index contributed by atoms with van der Waals surface area (Å²) in [5.41, 5.74) is 1.52. The van der Waals surface area contributed by atoms with E-state index in [1.807, 2.05) is 0 Å². The number of imide groups is 2. The lowest BCUT2D eigenvalue weighted by molar-refractivity contribution is -0.136. The molecule has 5 rings (SSSR count). The predicted octanol–water partition coefficient (Wildman–Crippen LogP) is 0.210. The van der Waals surface area contributed by atoms with E-state index in [0.717, 1.165) is 10.5 Å². The van der Waals surface area contributed by atoms with Crippen molar-refractivity contribution in [2.45, 2.75) is 31.0 Å². The van der Waals surface area contributed by atoms with Gasteiger partial charge in [-0.25, -0.2) is 4.39 Å². The van der Waals surface area contributed by atoms with Crippen LogP contribution in [0.4, 0.5) is 4.39 Å². The Bertz CT molecular complexity index is 1150. The molecule has 0 saturated carbocycles. The van der Waals surface area contributed by atoms with Crippen molar-refractivity contribution in [3.63, 3.8) is 0 Å². The van der Waals surface area contributed by atoms with Crippen molar-refractivity contribution in [1.29, 1.82) is 0 Å². The zero-order chi connectivity index (χ0) is 22.5. The molecule has 2 saturated heterocycles. The number of carbonyl (C=O) groups excluding carboxylic acids is 4. The molecule has 1 aromatic carbocycles. The monoisotopic (exact) mass is 437 g/mol. The van der Waals surface area contributed by atoms with Gasteiger partial charge in [-0.3, -0.25) is 39.7 Å². The Labute approximate surface area is 182 Å². The molecule has 3 aliphatic heterocycles. The van der Waals surface area contributed by atoms with Crippen molar-refractivity contribution >= 4 is 23.6 Å². The standard InChI is InChI=1S/C22H20FN5O4/c23-13-2-5-17(25-9-13)22(10-24-11-22)26-8-12-1-3-14-15(7-12)21(32)28(20(14)31)16-4-6-18(29)27-19(16)30/h1-3,5,7,9,16,24,26H,4,6,8,10-11H2,(H,27,29,30). The topological polar surface area (TPSA) is 120 Å². The highest BCUT2D eigenvalue weighted by molar-refractivity contribution is 6.23. The molecule has 10 heteroatoms. The molecule has 2 aromatic rings. The molecule has 4 amide bonds. The number of rotatable bonds is 5. The van der Waals surface area contributed by atoms with Crippen LogP contribution < -0.4 is 16.0 Å². The highest BCUT2D eigenvalue weighted by Gasteiger charge is 2.45. The Morgan fingerprint density at radius 2 is 1.88 bits per heavy atom. The average Bonchev–Trinajstić information content (AvgIpc) is 2.99. The third-order valence-corrected chi connectivity index (χ3v) is 6.21. The predicted molar refractivity (Wildman–Crippen MR) is 109 cm³/mol. The van der Waals surface area contributed by atoms with Crippen molar-refractivity contribution < 1.29 is 23.6 Å². The molecule has 0 radical (unpaired) electrons. The van der Waals surface area contributed by atoms with Crippen LogP contribution in [0.15, 0.2) is 36.5 Å². The van der Waals surface area contributed by atoms with E-state index in [-0.39, 0.29) is 24.0 Å². The van der Waals surface area contributed by atoms with Crippen molar-refractivity contribution in [1.82, 2.24) is 25.8 Å². The highest BCUT2D eigenvalue weighted by atomic mass is 19.1. The first kappa shape index (κ1) is 20.4. The van der Waals surface area contributed by atoms with Crippen LogP contribution in [0.3, 0.4) is 0 Å². The normalized spacial score (nSPS) is 21.9. The highest BCUT2D eigenvalue weighted by Crippen LogP contribution is 2.29. The average molecular weight is 437 g/mol. The second kappa shape index (κ2) is 7.57. The molecule has 9 nitrogen and oxygen atoms in total. The van der Waals surface area contributed by atoms with Crippen molar-refractivity contribution in [2.24, 2.45) is 0 Å². The van der Waals surface area contributed by atoms with Gasteiger partial charge >= 0.3 is 0 Å². The number of fused-ring (bicyclic) bond motifs is 1. The smallest absolute Gasteiger partial charge is 0.262 e. The van der Waals surface area contributed by atoms with Crippen LogP contribution in [0, 0.1) is 5.82 Å². The number of carbonyl (C=O) groups is 4. The number of nitrogens with zero attached hydrogens (tertiary/aromatic N) is 2. The number of amides is 4. The molecule has 164 valence electrons. The summed E-state index contributed by atoms with van der Waals surface area (Å²) < 4.78 is 13.2. The molecular formula is C22H20FN5O4. The Morgan fingerprint density at radius 3 is 2.53 bits per heavy atom. The summed E-state index contributed by atoms with van der Waals surface area (Å²) in [4.78, 5) is 54.5. The van der Waals surface area contributed by atoms with Gasteiger partial charge in [-0.15, -0.1) is 0 Å². The van der Waals surface area contributed by atoms with E-state index in [9.17, 15) is 23.6 Å². The van der Waals surface area contributed by atoms with Gasteiger partial charge in [0.05, 0.1) is 28.6 Å². The van der Waals surface area contributed by atoms with Gasteiger partial charge in [0.2, 0.25) is 11.8 Å². The molecule has 3 aliphatic rings. The van der Waals surface area contributed by atoms with Crippen LogP contribution in [-0.4, -0.2) is 52.6 Å². The summed E-state index contributed by atoms with van der Waals surface area (Å²) in [6.45, 7) is 1.64. The Morgan fingerprint density at radius 1 is 1.09 bits per heavy atom. The van der Waals surface area contributed by atoms with E-state index in [1.165, 1.54) is 12.3 Å². The summed E-state index contributed by atoms with van der Waals surface area (Å²) in [6, 6.07) is 7.00. The van der Waals surface area contributed by atoms with Gasteiger partial charge in [0, 0.05) is 26.1 Å². The molecule has 32 heavy (non-hydrogen) atoms. The number of hydrogen-bond acceptors (Lipinski definition) is 7. The van der Waals surface area contributed by atoms with Crippen LogP contribution in [0.5, 0.6) is 0 Å². The Kier molecular flexibility index (Phi) is 4.83. The second-order valence-electron chi connectivity index (χ2n) is 8.23. The van der Waals surface area contributed by atoms with Gasteiger partial charge in [-0.05, 0) is 36.2 Å². The number of hydrogen-bond donors (Lipinski definition) is 3. The minimum absolute atomic E-state index is 0.0759. The van der Waals surface area contributed by atoms with Gasteiger partial charge < -0.3 is 5.32 Å². The summed E-state index contributed by atoms with van der Waals surface area (Å²) in [5, 5.41) is 8.81. The number of aromatic nitrogens is 1. The van der Waals surface area contributed by atoms with Crippen LogP contribution in [-0.2, 0) is 21.7 Å². The van der Waals surface area contributed by atoms with E-state index >= 15 is 0 Å². The third-order valence-electron chi connectivity index (χ3n) is 6.21. The third kappa shape index (κ3) is 3.28. The SMILES string of the molecule is O=C1CCC(N2C(=O)c3ccc(CNC4(c5ccc(F)cn5)CNC4)cc3C2=O)C(=O)N1. The summed E-state index contributed by atoms with van der Waals surface area (Å²) in [5.74, 6) is -2.52. The van der Waals surface area contributed by atoms with E-state index < -0.39 is 41.0 Å². The van der Waals surface area contributed by atoms with Crippen LogP contribution in [0.1, 0.15) is 44.8 Å². The van der Waals surface area contributed by atoms with Crippen LogP contribution in [0.2, 0.25) is 0 Å². The second-order valence-corrected chi connectivity index (χ2v) is 8.23. The lowest BCUT2D eigenvalue weighted by Crippen LogP contribution is -2.65. The van der Waals surface area contributed by atoms with Gasteiger partial charge in [0.25, 0.3) is 11.8 Å². The number of nitrogens with one attached hydrogen (secondary N) is 3. The molecule has 4 heterocycles. The molecule has 1 aromatic heterocycles. The minimum Gasteiger partial charge on any atom is -0.312 e. The lowest BCUT2D eigenvalue weighted by Gasteiger charge is -2.43. The van der Waals surface area contributed by atoms with Crippen molar-refractivity contribution in [3.8, 4) is 0 Å². The zero-order valence-electron chi connectivity index (χ0n) is 17.0. The number of pyridine rings is 1. The minimum atomic E-state index is -0.990. The molecule has 1 atom stereocenters. The van der Waals surface area contributed by atoms with Crippen molar-refractivity contribution in [3.05, 3.63) is 64.7 Å². The first-order valence-electron chi connectivity index (χ1n) is 10.3. The van der Waals surface area contributed by atoms with Gasteiger partial charge in [0.1, 0.15) is 11.9 Å². The van der Waals surface area contributed by atoms with Gasteiger partial charge in [-0.1, -0.05) is 6.07 Å². The quantitative estimate of drug-likeness (QED) is 0.572.